The monoisotopic (exact) mass is 337 g/mol. The van der Waals surface area contributed by atoms with Crippen molar-refractivity contribution >= 4 is 23.3 Å². The number of nitrogens with one attached hydrogen (secondary N) is 2. The zero-order valence-electron chi connectivity index (χ0n) is 12.3. The van der Waals surface area contributed by atoms with Gasteiger partial charge in [0, 0.05) is 16.5 Å². The van der Waals surface area contributed by atoms with Gasteiger partial charge in [0.25, 0.3) is 11.8 Å². The van der Waals surface area contributed by atoms with Gasteiger partial charge < -0.3 is 4.42 Å². The van der Waals surface area contributed by atoms with Crippen LogP contribution in [0.5, 0.6) is 0 Å². The highest BCUT2D eigenvalue weighted by Crippen LogP contribution is 2.22. The Kier molecular flexibility index (Phi) is 3.64. The summed E-state index contributed by atoms with van der Waals surface area (Å²) in [7, 11) is 0. The van der Waals surface area contributed by atoms with Crippen molar-refractivity contribution in [3.05, 3.63) is 58.9 Å². The van der Waals surface area contributed by atoms with Crippen molar-refractivity contribution < 1.29 is 9.21 Å². The SMILES string of the molecule is O=C(Nc1nnc(-c2ccsc2)o1)c1cc(-c2ccccc2)n[nH]1. The summed E-state index contributed by atoms with van der Waals surface area (Å²) in [5.74, 6) is -0.0358. The molecule has 0 unspecified atom stereocenters. The van der Waals surface area contributed by atoms with Crippen LogP contribution in [0.25, 0.3) is 22.7 Å². The lowest BCUT2D eigenvalue weighted by Gasteiger charge is -1.96. The van der Waals surface area contributed by atoms with Crippen LogP contribution in [0.3, 0.4) is 0 Å². The lowest BCUT2D eigenvalue weighted by molar-refractivity contribution is 0.101. The van der Waals surface area contributed by atoms with Crippen LogP contribution >= 0.6 is 11.3 Å². The molecule has 3 heterocycles. The van der Waals surface area contributed by atoms with E-state index in [0.29, 0.717) is 17.3 Å². The quantitative estimate of drug-likeness (QED) is 0.594. The van der Waals surface area contributed by atoms with Gasteiger partial charge in [0.05, 0.1) is 5.69 Å². The van der Waals surface area contributed by atoms with E-state index >= 15 is 0 Å². The second-order valence-electron chi connectivity index (χ2n) is 4.91. The fourth-order valence-electron chi connectivity index (χ4n) is 2.14. The standard InChI is InChI=1S/C16H11N5O2S/c22-14(13-8-12(18-19-13)10-4-2-1-3-5-10)17-16-21-20-15(23-16)11-6-7-24-9-11/h1-9H,(H,18,19)(H,17,21,22). The van der Waals surface area contributed by atoms with Crippen molar-refractivity contribution in [1.29, 1.82) is 0 Å². The summed E-state index contributed by atoms with van der Waals surface area (Å²) in [6, 6.07) is 13.2. The summed E-state index contributed by atoms with van der Waals surface area (Å²) in [4.78, 5) is 12.2. The molecule has 118 valence electrons. The van der Waals surface area contributed by atoms with Crippen molar-refractivity contribution in [3.8, 4) is 22.7 Å². The third kappa shape index (κ3) is 2.82. The first-order chi connectivity index (χ1) is 11.8. The van der Waals surface area contributed by atoms with E-state index in [9.17, 15) is 4.79 Å². The molecule has 0 fully saturated rings. The van der Waals surface area contributed by atoms with Gasteiger partial charge in [-0.2, -0.15) is 16.4 Å². The summed E-state index contributed by atoms with van der Waals surface area (Å²) in [6.07, 6.45) is 0. The molecule has 1 amide bonds. The van der Waals surface area contributed by atoms with Gasteiger partial charge in [0.15, 0.2) is 0 Å². The highest BCUT2D eigenvalue weighted by atomic mass is 32.1. The third-order valence-electron chi connectivity index (χ3n) is 3.31. The van der Waals surface area contributed by atoms with Crippen LogP contribution in [0.1, 0.15) is 10.5 Å². The maximum absolute atomic E-state index is 12.2. The molecule has 0 aliphatic carbocycles. The maximum Gasteiger partial charge on any atom is 0.322 e. The van der Waals surface area contributed by atoms with Crippen molar-refractivity contribution in [3.63, 3.8) is 0 Å². The number of aromatic nitrogens is 4. The van der Waals surface area contributed by atoms with Gasteiger partial charge in [0.1, 0.15) is 5.69 Å². The Balaban J connectivity index is 1.50. The van der Waals surface area contributed by atoms with Crippen molar-refractivity contribution in [2.45, 2.75) is 0 Å². The Bertz CT molecular complexity index is 959. The first kappa shape index (κ1) is 14.3. The summed E-state index contributed by atoms with van der Waals surface area (Å²) in [6.45, 7) is 0. The Morgan fingerprint density at radius 3 is 2.79 bits per heavy atom. The Morgan fingerprint density at radius 2 is 2.00 bits per heavy atom. The molecule has 3 aromatic heterocycles. The van der Waals surface area contributed by atoms with Gasteiger partial charge in [-0.15, -0.1) is 5.10 Å². The molecule has 2 N–H and O–H groups in total. The van der Waals surface area contributed by atoms with E-state index < -0.39 is 5.91 Å². The number of anilines is 1. The highest BCUT2D eigenvalue weighted by molar-refractivity contribution is 7.08. The second kappa shape index (κ2) is 6.09. The Labute approximate surface area is 140 Å². The fourth-order valence-corrected chi connectivity index (χ4v) is 2.77. The number of hydrogen-bond donors (Lipinski definition) is 2. The van der Waals surface area contributed by atoms with Crippen LogP contribution < -0.4 is 5.32 Å². The molecular formula is C16H11N5O2S. The molecule has 0 aliphatic rings. The Morgan fingerprint density at radius 1 is 1.12 bits per heavy atom. The van der Waals surface area contributed by atoms with Crippen LogP contribution in [0.2, 0.25) is 0 Å². The third-order valence-corrected chi connectivity index (χ3v) is 3.99. The van der Waals surface area contributed by atoms with Gasteiger partial charge in [-0.3, -0.25) is 15.2 Å². The molecule has 24 heavy (non-hydrogen) atoms. The average molecular weight is 337 g/mol. The molecule has 0 spiro atoms. The molecular weight excluding hydrogens is 326 g/mol. The average Bonchev–Trinajstić information content (AvgIpc) is 3.36. The number of carbonyl (C=O) groups is 1. The van der Waals surface area contributed by atoms with Crippen LogP contribution in [-0.2, 0) is 0 Å². The largest absolute Gasteiger partial charge is 0.403 e. The number of hydrogen-bond acceptors (Lipinski definition) is 6. The fraction of sp³-hybridized carbons (Fsp3) is 0. The summed E-state index contributed by atoms with van der Waals surface area (Å²) in [5.41, 5.74) is 2.74. The number of nitrogens with zero attached hydrogens (tertiary/aromatic N) is 3. The predicted molar refractivity (Wildman–Crippen MR) is 89.6 cm³/mol. The minimum atomic E-state index is -0.398. The van der Waals surface area contributed by atoms with Crippen LogP contribution in [-0.4, -0.2) is 26.3 Å². The van der Waals surface area contributed by atoms with Gasteiger partial charge in [0.2, 0.25) is 0 Å². The van der Waals surface area contributed by atoms with Crippen LogP contribution in [0.4, 0.5) is 6.01 Å². The van der Waals surface area contributed by atoms with E-state index in [1.165, 1.54) is 11.3 Å². The van der Waals surface area contributed by atoms with E-state index in [0.717, 1.165) is 11.1 Å². The molecule has 0 radical (unpaired) electrons. The Hall–Kier alpha value is -3.26. The molecule has 8 heteroatoms. The minimum Gasteiger partial charge on any atom is -0.403 e. The number of benzene rings is 1. The summed E-state index contributed by atoms with van der Waals surface area (Å²) in [5, 5.41) is 20.9. The highest BCUT2D eigenvalue weighted by Gasteiger charge is 2.15. The lowest BCUT2D eigenvalue weighted by Crippen LogP contribution is -2.12. The van der Waals surface area contributed by atoms with E-state index in [4.69, 9.17) is 4.42 Å². The van der Waals surface area contributed by atoms with Gasteiger partial charge in [-0.25, -0.2) is 0 Å². The molecule has 1 aromatic carbocycles. The molecule has 7 nitrogen and oxygen atoms in total. The molecule has 0 atom stereocenters. The summed E-state index contributed by atoms with van der Waals surface area (Å²) >= 11 is 1.53. The van der Waals surface area contributed by atoms with Crippen LogP contribution in [0, 0.1) is 0 Å². The molecule has 0 saturated carbocycles. The zero-order valence-corrected chi connectivity index (χ0v) is 13.1. The van der Waals surface area contributed by atoms with Gasteiger partial charge in [-0.05, 0) is 17.5 Å². The second-order valence-corrected chi connectivity index (χ2v) is 5.69. The van der Waals surface area contributed by atoms with Gasteiger partial charge in [-0.1, -0.05) is 35.4 Å². The number of rotatable bonds is 4. The predicted octanol–water partition coefficient (Wildman–Crippen LogP) is 3.44. The number of aromatic amines is 1. The van der Waals surface area contributed by atoms with Crippen LogP contribution in [0.15, 0.2) is 57.6 Å². The number of amides is 1. The first-order valence-electron chi connectivity index (χ1n) is 7.08. The maximum atomic E-state index is 12.2. The van der Waals surface area contributed by atoms with Crippen molar-refractivity contribution in [2.24, 2.45) is 0 Å². The van der Waals surface area contributed by atoms with Crippen molar-refractivity contribution in [1.82, 2.24) is 20.4 Å². The van der Waals surface area contributed by atoms with Gasteiger partial charge >= 0.3 is 6.01 Å². The normalized spacial score (nSPS) is 10.7. The molecule has 0 bridgehead atoms. The molecule has 4 aromatic rings. The molecule has 0 saturated heterocycles. The van der Waals surface area contributed by atoms with E-state index in [1.807, 2.05) is 47.2 Å². The molecule has 0 aliphatic heterocycles. The number of carbonyl (C=O) groups excluding carboxylic acids is 1. The molecule has 4 rings (SSSR count). The lowest BCUT2D eigenvalue weighted by atomic mass is 10.1. The van der Waals surface area contributed by atoms with E-state index in [1.54, 1.807) is 6.07 Å². The number of thiophene rings is 1. The topological polar surface area (TPSA) is 96.7 Å². The van der Waals surface area contributed by atoms with E-state index in [2.05, 4.69) is 25.7 Å². The number of H-pyrrole nitrogens is 1. The summed E-state index contributed by atoms with van der Waals surface area (Å²) < 4.78 is 5.43. The first-order valence-corrected chi connectivity index (χ1v) is 8.02. The van der Waals surface area contributed by atoms with E-state index in [-0.39, 0.29) is 6.01 Å². The van der Waals surface area contributed by atoms with Crippen molar-refractivity contribution in [2.75, 3.05) is 5.32 Å². The zero-order chi connectivity index (χ0) is 16.4. The minimum absolute atomic E-state index is 0.0389. The smallest absolute Gasteiger partial charge is 0.322 e.